The lowest BCUT2D eigenvalue weighted by molar-refractivity contribution is -0.120. The number of hydrogen-bond donors (Lipinski definition) is 0. The predicted molar refractivity (Wildman–Crippen MR) is 60.0 cm³/mol. The average Bonchev–Trinajstić information content (AvgIpc) is 2.09. The Labute approximate surface area is 94.0 Å². The molecule has 76 valence electrons. The summed E-state index contributed by atoms with van der Waals surface area (Å²) in [4.78, 5) is 11.1. The quantitative estimate of drug-likeness (QED) is 0.773. The summed E-state index contributed by atoms with van der Waals surface area (Å²) in [6, 6.07) is 5.35. The lowest BCUT2D eigenvalue weighted by Gasteiger charge is -2.09. The molecule has 0 bridgehead atoms. The third-order valence-electron chi connectivity index (χ3n) is 2.24. The third kappa shape index (κ3) is 3.00. The minimum Gasteiger partial charge on any atom is -0.300 e. The van der Waals surface area contributed by atoms with Crippen LogP contribution in [0.5, 0.6) is 0 Å². The second kappa shape index (κ2) is 4.81. The molecule has 0 saturated heterocycles. The lowest BCUT2D eigenvalue weighted by Crippen LogP contribution is -2.09. The number of halogens is 2. The van der Waals surface area contributed by atoms with Crippen molar-refractivity contribution >= 4 is 29.0 Å². The van der Waals surface area contributed by atoms with Gasteiger partial charge in [-0.3, -0.25) is 4.79 Å². The Morgan fingerprint density at radius 3 is 2.57 bits per heavy atom. The van der Waals surface area contributed by atoms with Crippen molar-refractivity contribution in [1.29, 1.82) is 0 Å². The van der Waals surface area contributed by atoms with Crippen LogP contribution in [0, 0.1) is 5.92 Å². The number of hydrogen-bond acceptors (Lipinski definition) is 1. The molecule has 0 heterocycles. The van der Waals surface area contributed by atoms with E-state index in [4.69, 9.17) is 23.2 Å². The highest BCUT2D eigenvalue weighted by Crippen LogP contribution is 2.23. The number of ketones is 1. The molecule has 0 aliphatic carbocycles. The number of rotatable bonds is 3. The molecule has 0 fully saturated rings. The molecule has 1 unspecified atom stereocenters. The Balaban J connectivity index is 2.82. The second-order valence-corrected chi connectivity index (χ2v) is 4.30. The third-order valence-corrected chi connectivity index (χ3v) is 2.82. The fourth-order valence-corrected chi connectivity index (χ4v) is 1.65. The van der Waals surface area contributed by atoms with Gasteiger partial charge < -0.3 is 0 Å². The number of carbonyl (C=O) groups is 1. The topological polar surface area (TPSA) is 17.1 Å². The van der Waals surface area contributed by atoms with Crippen molar-refractivity contribution in [1.82, 2.24) is 0 Å². The van der Waals surface area contributed by atoms with Crippen LogP contribution in [0.15, 0.2) is 18.2 Å². The van der Waals surface area contributed by atoms with E-state index in [1.807, 2.05) is 13.0 Å². The molecule has 1 nitrogen and oxygen atoms in total. The summed E-state index contributed by atoms with van der Waals surface area (Å²) in [5.74, 6) is 0.185. The van der Waals surface area contributed by atoms with Crippen LogP contribution in [0.4, 0.5) is 0 Å². The molecule has 0 saturated carbocycles. The zero-order valence-electron chi connectivity index (χ0n) is 8.18. The van der Waals surface area contributed by atoms with Crippen LogP contribution in [0.2, 0.25) is 10.0 Å². The molecule has 1 rings (SSSR count). The highest BCUT2D eigenvalue weighted by atomic mass is 35.5. The van der Waals surface area contributed by atoms with Crippen molar-refractivity contribution in [2.45, 2.75) is 20.3 Å². The molecule has 0 spiro atoms. The maximum atomic E-state index is 11.1. The van der Waals surface area contributed by atoms with Crippen molar-refractivity contribution in [3.05, 3.63) is 33.8 Å². The van der Waals surface area contributed by atoms with Gasteiger partial charge >= 0.3 is 0 Å². The number of carbonyl (C=O) groups excluding carboxylic acids is 1. The van der Waals surface area contributed by atoms with Gasteiger partial charge in [0.15, 0.2) is 0 Å². The number of Topliss-reactive ketones (excluding diaryl/α,β-unsaturated/α-hetero) is 1. The van der Waals surface area contributed by atoms with Crippen molar-refractivity contribution in [3.63, 3.8) is 0 Å². The van der Waals surface area contributed by atoms with Gasteiger partial charge in [-0.15, -0.1) is 0 Å². The Bertz CT molecular complexity index is 347. The molecule has 14 heavy (non-hydrogen) atoms. The SMILES string of the molecule is CC(=O)C(C)Cc1ccc(Cl)cc1Cl. The molecule has 1 aromatic rings. The van der Waals surface area contributed by atoms with Gasteiger partial charge in [-0.25, -0.2) is 0 Å². The van der Waals surface area contributed by atoms with Gasteiger partial charge in [0.05, 0.1) is 0 Å². The van der Waals surface area contributed by atoms with Crippen molar-refractivity contribution in [3.8, 4) is 0 Å². The molecule has 0 amide bonds. The fourth-order valence-electron chi connectivity index (χ4n) is 1.16. The van der Waals surface area contributed by atoms with Crippen LogP contribution in [0.1, 0.15) is 19.4 Å². The first-order chi connectivity index (χ1) is 6.50. The van der Waals surface area contributed by atoms with E-state index in [1.165, 1.54) is 0 Å². The molecule has 0 aromatic heterocycles. The van der Waals surface area contributed by atoms with E-state index < -0.39 is 0 Å². The van der Waals surface area contributed by atoms with Crippen LogP contribution in [-0.2, 0) is 11.2 Å². The Morgan fingerprint density at radius 2 is 2.07 bits per heavy atom. The standard InChI is InChI=1S/C11H12Cl2O/c1-7(8(2)14)5-9-3-4-10(12)6-11(9)13/h3-4,6-7H,5H2,1-2H3. The fraction of sp³-hybridized carbons (Fsp3) is 0.364. The van der Waals surface area contributed by atoms with E-state index in [0.29, 0.717) is 16.5 Å². The summed E-state index contributed by atoms with van der Waals surface area (Å²) < 4.78 is 0. The van der Waals surface area contributed by atoms with Gasteiger partial charge in [0.1, 0.15) is 5.78 Å². The summed E-state index contributed by atoms with van der Waals surface area (Å²) in [5.41, 5.74) is 0.971. The van der Waals surface area contributed by atoms with Gasteiger partial charge in [0, 0.05) is 16.0 Å². The normalized spacial score (nSPS) is 12.6. The van der Waals surface area contributed by atoms with E-state index in [9.17, 15) is 4.79 Å². The first kappa shape index (κ1) is 11.5. The lowest BCUT2D eigenvalue weighted by atomic mass is 9.98. The Morgan fingerprint density at radius 1 is 1.43 bits per heavy atom. The molecule has 1 atom stereocenters. The molecular weight excluding hydrogens is 219 g/mol. The van der Waals surface area contributed by atoms with E-state index in [1.54, 1.807) is 19.1 Å². The maximum Gasteiger partial charge on any atom is 0.132 e. The van der Waals surface area contributed by atoms with Crippen LogP contribution in [-0.4, -0.2) is 5.78 Å². The molecular formula is C11H12Cl2O. The van der Waals surface area contributed by atoms with Gasteiger partial charge in [-0.2, -0.15) is 0 Å². The van der Waals surface area contributed by atoms with Crippen molar-refractivity contribution in [2.24, 2.45) is 5.92 Å². The zero-order valence-corrected chi connectivity index (χ0v) is 9.69. The Kier molecular flexibility index (Phi) is 3.97. The molecule has 0 aliphatic rings. The molecule has 1 aromatic carbocycles. The summed E-state index contributed by atoms with van der Waals surface area (Å²) in [5, 5.41) is 1.25. The summed E-state index contributed by atoms with van der Waals surface area (Å²) >= 11 is 11.7. The predicted octanol–water partition coefficient (Wildman–Crippen LogP) is 3.76. The van der Waals surface area contributed by atoms with E-state index in [2.05, 4.69) is 0 Å². The van der Waals surface area contributed by atoms with Crippen molar-refractivity contribution < 1.29 is 4.79 Å². The van der Waals surface area contributed by atoms with E-state index in [-0.39, 0.29) is 11.7 Å². The van der Waals surface area contributed by atoms with Gasteiger partial charge in [-0.05, 0) is 31.0 Å². The molecule has 3 heteroatoms. The van der Waals surface area contributed by atoms with Crippen LogP contribution in [0.25, 0.3) is 0 Å². The minimum absolute atomic E-state index is 0.00803. The van der Waals surface area contributed by atoms with Crippen molar-refractivity contribution in [2.75, 3.05) is 0 Å². The van der Waals surface area contributed by atoms with Crippen LogP contribution >= 0.6 is 23.2 Å². The molecule has 0 radical (unpaired) electrons. The second-order valence-electron chi connectivity index (χ2n) is 3.45. The first-order valence-electron chi connectivity index (χ1n) is 4.45. The first-order valence-corrected chi connectivity index (χ1v) is 5.20. The van der Waals surface area contributed by atoms with Gasteiger partial charge in [0.2, 0.25) is 0 Å². The smallest absolute Gasteiger partial charge is 0.132 e. The average molecular weight is 231 g/mol. The molecule has 0 aliphatic heterocycles. The zero-order chi connectivity index (χ0) is 10.7. The van der Waals surface area contributed by atoms with Crippen LogP contribution in [0.3, 0.4) is 0 Å². The summed E-state index contributed by atoms with van der Waals surface area (Å²) in [6.07, 6.45) is 0.672. The Hall–Kier alpha value is -0.530. The highest BCUT2D eigenvalue weighted by Gasteiger charge is 2.10. The van der Waals surface area contributed by atoms with Gasteiger partial charge in [-0.1, -0.05) is 36.2 Å². The molecule has 0 N–H and O–H groups in total. The number of benzene rings is 1. The van der Waals surface area contributed by atoms with E-state index >= 15 is 0 Å². The van der Waals surface area contributed by atoms with Crippen LogP contribution < -0.4 is 0 Å². The minimum atomic E-state index is 0.00803. The summed E-state index contributed by atoms with van der Waals surface area (Å²) in [6.45, 7) is 3.49. The largest absolute Gasteiger partial charge is 0.300 e. The van der Waals surface area contributed by atoms with E-state index in [0.717, 1.165) is 5.56 Å². The highest BCUT2D eigenvalue weighted by molar-refractivity contribution is 6.35. The monoisotopic (exact) mass is 230 g/mol. The van der Waals surface area contributed by atoms with Gasteiger partial charge in [0.25, 0.3) is 0 Å². The summed E-state index contributed by atoms with van der Waals surface area (Å²) in [7, 11) is 0. The maximum absolute atomic E-state index is 11.1.